The van der Waals surface area contributed by atoms with Gasteiger partial charge in [0.25, 0.3) is 0 Å². The first-order chi connectivity index (χ1) is 12.8. The van der Waals surface area contributed by atoms with Crippen LogP contribution in [-0.2, 0) is 11.4 Å². The fourth-order valence-electron chi connectivity index (χ4n) is 4.68. The summed E-state index contributed by atoms with van der Waals surface area (Å²) in [4.78, 5) is 17.3. The maximum Gasteiger partial charge on any atom is 0.230 e. The van der Waals surface area contributed by atoms with Crippen molar-refractivity contribution in [3.8, 4) is 5.75 Å². The van der Waals surface area contributed by atoms with E-state index in [9.17, 15) is 4.79 Å². The quantitative estimate of drug-likeness (QED) is 0.864. The first kappa shape index (κ1) is 15.9. The van der Waals surface area contributed by atoms with Crippen molar-refractivity contribution in [2.75, 3.05) is 0 Å². The van der Waals surface area contributed by atoms with Crippen LogP contribution in [0.15, 0.2) is 34.9 Å². The first-order valence-corrected chi connectivity index (χ1v) is 9.58. The molecular weight excluding hydrogens is 330 g/mol. The van der Waals surface area contributed by atoms with E-state index in [1.54, 1.807) is 0 Å². The summed E-state index contributed by atoms with van der Waals surface area (Å²) in [6.07, 6.45) is 5.62. The van der Waals surface area contributed by atoms with Crippen LogP contribution in [0.2, 0.25) is 0 Å². The molecule has 0 spiro atoms. The van der Waals surface area contributed by atoms with Crippen LogP contribution in [0.3, 0.4) is 0 Å². The summed E-state index contributed by atoms with van der Waals surface area (Å²) < 4.78 is 11.3. The second-order valence-electron chi connectivity index (χ2n) is 7.82. The molecule has 26 heavy (non-hydrogen) atoms. The molecule has 3 saturated carbocycles. The summed E-state index contributed by atoms with van der Waals surface area (Å²) in [7, 11) is 0. The Labute approximate surface area is 152 Å². The Morgan fingerprint density at radius 3 is 2.77 bits per heavy atom. The maximum atomic E-state index is 12.8. The van der Waals surface area contributed by atoms with Crippen molar-refractivity contribution in [3.63, 3.8) is 0 Å². The highest BCUT2D eigenvalue weighted by atomic mass is 16.5. The predicted octanol–water partition coefficient (Wildman–Crippen LogP) is 3.06. The molecule has 2 bridgehead atoms. The molecule has 3 fully saturated rings. The van der Waals surface area contributed by atoms with Crippen molar-refractivity contribution in [3.05, 3.63) is 42.0 Å². The van der Waals surface area contributed by atoms with E-state index in [0.717, 1.165) is 37.9 Å². The average molecular weight is 353 g/mol. The number of benzene rings is 1. The molecule has 3 aliphatic rings. The molecule has 5 rings (SSSR count). The molecule has 1 heterocycles. The van der Waals surface area contributed by atoms with Crippen molar-refractivity contribution in [2.45, 2.75) is 50.7 Å². The molecule has 1 N–H and O–H groups in total. The molecule has 4 atom stereocenters. The van der Waals surface area contributed by atoms with Gasteiger partial charge < -0.3 is 14.6 Å². The van der Waals surface area contributed by atoms with E-state index in [-0.39, 0.29) is 24.3 Å². The van der Waals surface area contributed by atoms with E-state index >= 15 is 0 Å². The number of hydrogen-bond acceptors (Lipinski definition) is 5. The summed E-state index contributed by atoms with van der Waals surface area (Å²) >= 11 is 0. The van der Waals surface area contributed by atoms with E-state index in [1.807, 2.05) is 30.3 Å². The van der Waals surface area contributed by atoms with E-state index in [4.69, 9.17) is 9.26 Å². The maximum absolute atomic E-state index is 12.8. The summed E-state index contributed by atoms with van der Waals surface area (Å²) in [6.45, 7) is 0.271. The van der Waals surface area contributed by atoms with Gasteiger partial charge in [0.2, 0.25) is 17.6 Å². The second-order valence-corrected chi connectivity index (χ2v) is 7.82. The number of carbonyl (C=O) groups is 1. The van der Waals surface area contributed by atoms with E-state index in [2.05, 4.69) is 15.5 Å². The van der Waals surface area contributed by atoms with Gasteiger partial charge in [-0.2, -0.15) is 4.98 Å². The lowest BCUT2D eigenvalue weighted by Crippen LogP contribution is -2.38. The van der Waals surface area contributed by atoms with Gasteiger partial charge in [0.1, 0.15) is 5.75 Å². The van der Waals surface area contributed by atoms with Crippen LogP contribution in [0.1, 0.15) is 49.7 Å². The number of nitrogens with zero attached hydrogens (tertiary/aromatic N) is 2. The standard InChI is InChI=1S/C20H23N3O3/c24-19(21-14-8-9-14)17-12-6-7-13(10-12)18(17)20-22-16(23-26-20)11-25-15-4-2-1-3-5-15/h1-5,12-14,17-18H,6-11H2,(H,21,24)/t12-,13+,17-,18-/m0/s1. The number of rotatable bonds is 6. The van der Waals surface area contributed by atoms with E-state index < -0.39 is 0 Å². The zero-order valence-corrected chi connectivity index (χ0v) is 14.6. The molecule has 0 aliphatic heterocycles. The van der Waals surface area contributed by atoms with Gasteiger partial charge in [-0.25, -0.2) is 0 Å². The number of para-hydroxylation sites is 1. The van der Waals surface area contributed by atoms with Crippen molar-refractivity contribution in [2.24, 2.45) is 17.8 Å². The minimum absolute atomic E-state index is 0.0160. The Bertz CT molecular complexity index is 787. The minimum Gasteiger partial charge on any atom is -0.485 e. The average Bonchev–Trinajstić information content (AvgIpc) is 3.09. The molecule has 6 heteroatoms. The number of aromatic nitrogens is 2. The lowest BCUT2D eigenvalue weighted by Gasteiger charge is -2.27. The molecule has 0 unspecified atom stereocenters. The molecule has 1 aromatic heterocycles. The van der Waals surface area contributed by atoms with E-state index in [0.29, 0.717) is 29.6 Å². The molecular formula is C20H23N3O3. The van der Waals surface area contributed by atoms with Gasteiger partial charge in [-0.15, -0.1) is 0 Å². The third-order valence-electron chi connectivity index (χ3n) is 6.02. The van der Waals surface area contributed by atoms with Gasteiger partial charge in [-0.3, -0.25) is 4.79 Å². The molecule has 6 nitrogen and oxygen atoms in total. The Kier molecular flexibility index (Phi) is 3.91. The fraction of sp³-hybridized carbons (Fsp3) is 0.550. The van der Waals surface area contributed by atoms with Gasteiger partial charge in [0.05, 0.1) is 11.8 Å². The van der Waals surface area contributed by atoms with Crippen molar-refractivity contribution in [1.82, 2.24) is 15.5 Å². The van der Waals surface area contributed by atoms with Crippen molar-refractivity contribution in [1.29, 1.82) is 0 Å². The van der Waals surface area contributed by atoms with Gasteiger partial charge in [0, 0.05) is 6.04 Å². The number of hydrogen-bond donors (Lipinski definition) is 1. The fourth-order valence-corrected chi connectivity index (χ4v) is 4.68. The topological polar surface area (TPSA) is 77.2 Å². The third-order valence-corrected chi connectivity index (χ3v) is 6.02. The van der Waals surface area contributed by atoms with Gasteiger partial charge in [-0.05, 0) is 56.1 Å². The van der Waals surface area contributed by atoms with Gasteiger partial charge in [0.15, 0.2) is 6.61 Å². The Morgan fingerprint density at radius 2 is 1.96 bits per heavy atom. The SMILES string of the molecule is O=C(NC1CC1)[C@H]1[C@H]2CC[C@H](C2)[C@@H]1c1nc(COc2ccccc2)no1. The Morgan fingerprint density at radius 1 is 1.15 bits per heavy atom. The van der Waals surface area contributed by atoms with Gasteiger partial charge in [-0.1, -0.05) is 23.4 Å². The van der Waals surface area contributed by atoms with Crippen LogP contribution in [0, 0.1) is 17.8 Å². The smallest absolute Gasteiger partial charge is 0.230 e. The first-order valence-electron chi connectivity index (χ1n) is 9.58. The largest absolute Gasteiger partial charge is 0.485 e. The number of ether oxygens (including phenoxy) is 1. The summed E-state index contributed by atoms with van der Waals surface area (Å²) in [5.41, 5.74) is 0. The number of nitrogens with one attached hydrogen (secondary N) is 1. The summed E-state index contributed by atoms with van der Waals surface area (Å²) in [5.74, 6) is 3.10. The number of carbonyl (C=O) groups excluding carboxylic acids is 1. The predicted molar refractivity (Wildman–Crippen MR) is 93.3 cm³/mol. The highest BCUT2D eigenvalue weighted by Crippen LogP contribution is 2.56. The molecule has 136 valence electrons. The summed E-state index contributed by atoms with van der Waals surface area (Å²) in [6, 6.07) is 9.98. The minimum atomic E-state index is -0.0160. The molecule has 0 radical (unpaired) electrons. The van der Waals surface area contributed by atoms with Crippen LogP contribution >= 0.6 is 0 Å². The van der Waals surface area contributed by atoms with Crippen LogP contribution in [-0.4, -0.2) is 22.1 Å². The monoisotopic (exact) mass is 353 g/mol. The van der Waals surface area contributed by atoms with E-state index in [1.165, 1.54) is 0 Å². The zero-order chi connectivity index (χ0) is 17.5. The summed E-state index contributed by atoms with van der Waals surface area (Å²) in [5, 5.41) is 7.26. The highest BCUT2D eigenvalue weighted by Gasteiger charge is 2.54. The van der Waals surface area contributed by atoms with Crippen LogP contribution < -0.4 is 10.1 Å². The highest BCUT2D eigenvalue weighted by molar-refractivity contribution is 5.81. The van der Waals surface area contributed by atoms with Crippen molar-refractivity contribution >= 4 is 5.91 Å². The van der Waals surface area contributed by atoms with Gasteiger partial charge >= 0.3 is 0 Å². The molecule has 1 aromatic carbocycles. The van der Waals surface area contributed by atoms with Crippen LogP contribution in [0.25, 0.3) is 0 Å². The normalized spacial score (nSPS) is 29.7. The second kappa shape index (κ2) is 6.41. The zero-order valence-electron chi connectivity index (χ0n) is 14.6. The number of amides is 1. The molecule has 0 saturated heterocycles. The third kappa shape index (κ3) is 2.97. The lowest BCUT2D eigenvalue weighted by molar-refractivity contribution is -0.127. The number of fused-ring (bicyclic) bond motifs is 2. The van der Waals surface area contributed by atoms with Crippen LogP contribution in [0.4, 0.5) is 0 Å². The lowest BCUT2D eigenvalue weighted by atomic mass is 9.78. The Balaban J connectivity index is 1.30. The molecule has 2 aromatic rings. The van der Waals surface area contributed by atoms with Crippen molar-refractivity contribution < 1.29 is 14.1 Å². The van der Waals surface area contributed by atoms with Crippen LogP contribution in [0.5, 0.6) is 5.75 Å². The molecule has 1 amide bonds. The molecule has 3 aliphatic carbocycles. The Hall–Kier alpha value is -2.37.